The van der Waals surface area contributed by atoms with E-state index in [1.807, 2.05) is 13.8 Å². The molecule has 0 aliphatic carbocycles. The number of hydrogen-bond acceptors (Lipinski definition) is 4. The molecule has 0 aromatic carbocycles. The third-order valence-electron chi connectivity index (χ3n) is 1.49. The van der Waals surface area contributed by atoms with Crippen LogP contribution < -0.4 is 4.89 Å². The van der Waals surface area contributed by atoms with Gasteiger partial charge in [-0.05, 0) is 12.8 Å². The molecule has 0 saturated carbocycles. The van der Waals surface area contributed by atoms with Gasteiger partial charge in [0.1, 0.15) is 0 Å². The normalized spacial score (nSPS) is 11.1. The van der Waals surface area contributed by atoms with E-state index in [1.54, 1.807) is 0 Å². The maximum absolute atomic E-state index is 11.0. The van der Waals surface area contributed by atoms with Gasteiger partial charge in [0.05, 0.1) is 13.2 Å². The Hall–Kier alpha value is 0.876. The van der Waals surface area contributed by atoms with E-state index in [9.17, 15) is 9.46 Å². The second-order valence-electron chi connectivity index (χ2n) is 2.82. The predicted molar refractivity (Wildman–Crippen MR) is 55.1 cm³/mol. The minimum Gasteiger partial charge on any atom is -0.756 e. The summed E-state index contributed by atoms with van der Waals surface area (Å²) in [5.41, 5.74) is 0. The predicted octanol–water partition coefficient (Wildman–Crippen LogP) is 1.71. The summed E-state index contributed by atoms with van der Waals surface area (Å²) in [6.45, 7) is 4.39. The fourth-order valence-electron chi connectivity index (χ4n) is 0.679. The third-order valence-corrected chi connectivity index (χ3v) is 2.49. The maximum Gasteiger partial charge on any atom is 2.00 e. The van der Waals surface area contributed by atoms with Gasteiger partial charge in [0.25, 0.3) is 7.82 Å². The van der Waals surface area contributed by atoms with Gasteiger partial charge in [-0.25, -0.2) is 0 Å². The summed E-state index contributed by atoms with van der Waals surface area (Å²) < 4.78 is 20.2. The van der Waals surface area contributed by atoms with Crippen LogP contribution in [-0.4, -0.2) is 36.3 Å². The molecule has 0 aliphatic rings. The Morgan fingerprint density at radius 3 is 1.71 bits per heavy atom. The van der Waals surface area contributed by atoms with Crippen molar-refractivity contribution in [3.05, 3.63) is 0 Å². The first-order valence-electron chi connectivity index (χ1n) is 4.72. The molecule has 0 bridgehead atoms. The Bertz CT molecular complexity index is 151. The minimum absolute atomic E-state index is 0. The molecule has 0 aromatic heterocycles. The van der Waals surface area contributed by atoms with Crippen molar-refractivity contribution in [1.82, 2.24) is 0 Å². The summed E-state index contributed by atoms with van der Waals surface area (Å²) in [6, 6.07) is 0. The van der Waals surface area contributed by atoms with Crippen molar-refractivity contribution < 1.29 is 18.5 Å². The van der Waals surface area contributed by atoms with Gasteiger partial charge in [-0.15, -0.1) is 0 Å². The van der Waals surface area contributed by atoms with Gasteiger partial charge in [0.2, 0.25) is 0 Å². The number of rotatable bonds is 8. The van der Waals surface area contributed by atoms with Crippen molar-refractivity contribution in [3.63, 3.8) is 0 Å². The molecule has 0 heterocycles. The van der Waals surface area contributed by atoms with E-state index in [2.05, 4.69) is 9.05 Å². The first-order chi connectivity index (χ1) is 6.12. The van der Waals surface area contributed by atoms with Crippen LogP contribution in [0.15, 0.2) is 0 Å². The van der Waals surface area contributed by atoms with Gasteiger partial charge in [0.15, 0.2) is 0 Å². The average Bonchev–Trinajstić information content (AvgIpc) is 2.05. The molecule has 6 heteroatoms. The van der Waals surface area contributed by atoms with E-state index in [0.717, 1.165) is 25.7 Å². The third kappa shape index (κ3) is 11.0. The molecule has 0 spiro atoms. The summed E-state index contributed by atoms with van der Waals surface area (Å²) in [5.74, 6) is 0. The van der Waals surface area contributed by atoms with Crippen molar-refractivity contribution in [3.8, 4) is 0 Å². The van der Waals surface area contributed by atoms with Crippen LogP contribution in [0.5, 0.6) is 0 Å². The zero-order valence-corrected chi connectivity index (χ0v) is 11.3. The molecular formula is C8H18MgO4P+. The van der Waals surface area contributed by atoms with E-state index in [0.29, 0.717) is 0 Å². The van der Waals surface area contributed by atoms with Gasteiger partial charge >= 0.3 is 23.1 Å². The molecule has 80 valence electrons. The van der Waals surface area contributed by atoms with Gasteiger partial charge < -0.3 is 13.9 Å². The standard InChI is InChI=1S/C8H19O4P.Mg/c1-3-5-7-11-13(9,10)12-8-6-4-2;/h3-8H2,1-2H3,(H,9,10);/q;+2/p-1. The molecule has 4 nitrogen and oxygen atoms in total. The maximum atomic E-state index is 11.0. The Morgan fingerprint density at radius 2 is 1.43 bits per heavy atom. The zero-order valence-electron chi connectivity index (χ0n) is 9.03. The summed E-state index contributed by atoms with van der Waals surface area (Å²) in [7, 11) is -4.00. The van der Waals surface area contributed by atoms with Crippen molar-refractivity contribution >= 4 is 30.9 Å². The molecule has 0 N–H and O–H groups in total. The molecule has 0 radical (unpaired) electrons. The van der Waals surface area contributed by atoms with Crippen molar-refractivity contribution in [1.29, 1.82) is 0 Å². The number of unbranched alkanes of at least 4 members (excludes halogenated alkanes) is 2. The van der Waals surface area contributed by atoms with Crippen LogP contribution in [0.25, 0.3) is 0 Å². The number of hydrogen-bond donors (Lipinski definition) is 0. The van der Waals surface area contributed by atoms with Crippen LogP contribution in [0.2, 0.25) is 0 Å². The van der Waals surface area contributed by atoms with Gasteiger partial charge in [0, 0.05) is 0 Å². The van der Waals surface area contributed by atoms with E-state index < -0.39 is 7.82 Å². The van der Waals surface area contributed by atoms with Crippen molar-refractivity contribution in [2.45, 2.75) is 39.5 Å². The van der Waals surface area contributed by atoms with Crippen LogP contribution >= 0.6 is 7.82 Å². The van der Waals surface area contributed by atoms with Gasteiger partial charge in [-0.3, -0.25) is 4.57 Å². The summed E-state index contributed by atoms with van der Waals surface area (Å²) >= 11 is 0. The van der Waals surface area contributed by atoms with Crippen LogP contribution in [0.4, 0.5) is 0 Å². The van der Waals surface area contributed by atoms with Crippen LogP contribution in [-0.2, 0) is 13.6 Å². The quantitative estimate of drug-likeness (QED) is 0.364. The van der Waals surface area contributed by atoms with E-state index >= 15 is 0 Å². The SMILES string of the molecule is CCCCOP(=O)([O-])OCCCC.[Mg+2]. The zero-order chi connectivity index (χ0) is 10.2. The molecule has 0 aromatic rings. The topological polar surface area (TPSA) is 58.6 Å². The smallest absolute Gasteiger partial charge is 0.756 e. The largest absolute Gasteiger partial charge is 2.00 e. The van der Waals surface area contributed by atoms with Crippen molar-refractivity contribution in [2.24, 2.45) is 0 Å². The molecular weight excluding hydrogens is 215 g/mol. The van der Waals surface area contributed by atoms with Crippen molar-refractivity contribution in [2.75, 3.05) is 13.2 Å². The number of phosphoric ester groups is 1. The Morgan fingerprint density at radius 1 is 1.07 bits per heavy atom. The molecule has 0 atom stereocenters. The van der Waals surface area contributed by atoms with E-state index in [1.165, 1.54) is 0 Å². The fourth-order valence-corrected chi connectivity index (χ4v) is 1.46. The Kier molecular flexibility index (Phi) is 12.8. The van der Waals surface area contributed by atoms with Gasteiger partial charge in [-0.1, -0.05) is 26.7 Å². The Balaban J connectivity index is 0. The minimum atomic E-state index is -4.00. The summed E-state index contributed by atoms with van der Waals surface area (Å²) in [4.78, 5) is 11.0. The first kappa shape index (κ1) is 17.3. The second kappa shape index (κ2) is 10.4. The Labute approximate surface area is 102 Å². The molecule has 0 saturated heterocycles. The molecule has 0 aliphatic heterocycles. The monoisotopic (exact) mass is 233 g/mol. The van der Waals surface area contributed by atoms with Crippen LogP contribution in [0.3, 0.4) is 0 Å². The van der Waals surface area contributed by atoms with Crippen LogP contribution in [0.1, 0.15) is 39.5 Å². The fraction of sp³-hybridized carbons (Fsp3) is 1.00. The number of phosphoric acid groups is 1. The molecule has 0 fully saturated rings. The van der Waals surface area contributed by atoms with E-state index in [4.69, 9.17) is 0 Å². The average molecular weight is 234 g/mol. The van der Waals surface area contributed by atoms with Crippen LogP contribution in [0, 0.1) is 0 Å². The summed E-state index contributed by atoms with van der Waals surface area (Å²) in [5, 5.41) is 0. The molecule has 14 heavy (non-hydrogen) atoms. The van der Waals surface area contributed by atoms with E-state index in [-0.39, 0.29) is 36.3 Å². The molecule has 0 rings (SSSR count). The summed E-state index contributed by atoms with van der Waals surface area (Å²) in [6.07, 6.45) is 3.30. The molecule has 0 amide bonds. The first-order valence-corrected chi connectivity index (χ1v) is 6.18. The van der Waals surface area contributed by atoms with Gasteiger partial charge in [-0.2, -0.15) is 0 Å². The second-order valence-corrected chi connectivity index (χ2v) is 4.23. The molecule has 0 unspecified atom stereocenters.